The summed E-state index contributed by atoms with van der Waals surface area (Å²) < 4.78 is 5.58. The lowest BCUT2D eigenvalue weighted by Gasteiger charge is -2.31. The predicted molar refractivity (Wildman–Crippen MR) is 176 cm³/mol. The van der Waals surface area contributed by atoms with Gasteiger partial charge in [-0.1, -0.05) is 30.3 Å². The van der Waals surface area contributed by atoms with Crippen molar-refractivity contribution in [2.75, 3.05) is 29.9 Å². The molecule has 0 radical (unpaired) electrons. The molecule has 238 valence electrons. The normalized spacial score (nSPS) is 20.4. The minimum atomic E-state index is -0.313. The molecular formula is C37H46N4O4. The van der Waals surface area contributed by atoms with Gasteiger partial charge in [0.2, 0.25) is 5.91 Å². The third kappa shape index (κ3) is 7.66. The van der Waals surface area contributed by atoms with E-state index in [4.69, 9.17) is 4.42 Å². The van der Waals surface area contributed by atoms with Crippen LogP contribution >= 0.6 is 0 Å². The second-order valence-electron chi connectivity index (χ2n) is 13.3. The molecule has 6 rings (SSSR count). The van der Waals surface area contributed by atoms with Crippen molar-refractivity contribution in [2.45, 2.75) is 96.4 Å². The van der Waals surface area contributed by atoms with Crippen LogP contribution in [0.1, 0.15) is 115 Å². The van der Waals surface area contributed by atoms with Gasteiger partial charge in [-0.2, -0.15) is 0 Å². The number of ketones is 1. The molecule has 0 bridgehead atoms. The number of nitrogens with one attached hydrogen (secondary N) is 1. The molecule has 2 aromatic carbocycles. The molecule has 3 aliphatic rings. The van der Waals surface area contributed by atoms with E-state index in [0.29, 0.717) is 54.4 Å². The summed E-state index contributed by atoms with van der Waals surface area (Å²) >= 11 is 0. The third-order valence-corrected chi connectivity index (χ3v) is 9.77. The number of anilines is 2. The molecule has 1 unspecified atom stereocenters. The summed E-state index contributed by atoms with van der Waals surface area (Å²) in [7, 11) is 0. The number of para-hydroxylation sites is 1. The number of Topliss-reactive ketones (excluding diaryl/α,β-unsaturated/α-hetero) is 1. The van der Waals surface area contributed by atoms with Gasteiger partial charge in [0, 0.05) is 61.4 Å². The standard InChI is InChI=1S/C37H46N4O4/c1-25-9-3-4-11-33(25)41-20-7-10-27(21-26(41)2)22-29-16-17-30(34(42)12-5-6-18-40-19-8-13-35(40)43)23-31(29)38-36(44)32-24-45-37(39-32)28-14-15-28/h3-4,9,11,16-17,23-24,26-28H,5-8,10,12-15,18-22H2,1-2H3,(H,38,44)/t26-,27?/m1/s1. The number of rotatable bonds is 12. The average molecular weight is 611 g/mol. The molecule has 2 amide bonds. The molecule has 3 fully saturated rings. The minimum Gasteiger partial charge on any atom is -0.448 e. The van der Waals surface area contributed by atoms with Gasteiger partial charge in [-0.25, -0.2) is 4.98 Å². The van der Waals surface area contributed by atoms with Crippen LogP contribution in [0, 0.1) is 12.8 Å². The molecule has 0 spiro atoms. The summed E-state index contributed by atoms with van der Waals surface area (Å²) in [6.07, 6.45) is 11.1. The van der Waals surface area contributed by atoms with E-state index in [0.717, 1.165) is 76.4 Å². The molecule has 1 saturated carbocycles. The number of hydrogen-bond acceptors (Lipinski definition) is 6. The fourth-order valence-corrected chi connectivity index (χ4v) is 7.05. The van der Waals surface area contributed by atoms with Crippen LogP contribution in [-0.4, -0.2) is 53.2 Å². The topological polar surface area (TPSA) is 95.8 Å². The lowest BCUT2D eigenvalue weighted by Crippen LogP contribution is -2.33. The Bertz CT molecular complexity index is 1530. The second-order valence-corrected chi connectivity index (χ2v) is 13.3. The number of nitrogens with zero attached hydrogens (tertiary/aromatic N) is 3. The molecule has 8 heteroatoms. The SMILES string of the molecule is Cc1ccccc1N1CCCC(Cc2ccc(C(=O)CCCCN3CCCC3=O)cc2NC(=O)c2coc(C3CC3)n2)C[C@H]1C. The van der Waals surface area contributed by atoms with Crippen LogP contribution in [0.5, 0.6) is 0 Å². The number of aryl methyl sites for hydroxylation is 1. The number of aromatic nitrogens is 1. The van der Waals surface area contributed by atoms with Crippen molar-refractivity contribution in [3.8, 4) is 0 Å². The predicted octanol–water partition coefficient (Wildman–Crippen LogP) is 7.33. The summed E-state index contributed by atoms with van der Waals surface area (Å²) in [4.78, 5) is 47.4. The van der Waals surface area contributed by atoms with Gasteiger partial charge in [-0.15, -0.1) is 0 Å². The number of amides is 2. The van der Waals surface area contributed by atoms with Crippen molar-refractivity contribution < 1.29 is 18.8 Å². The molecule has 45 heavy (non-hydrogen) atoms. The summed E-state index contributed by atoms with van der Waals surface area (Å²) in [6, 6.07) is 14.8. The Morgan fingerprint density at radius 2 is 1.89 bits per heavy atom. The zero-order valence-corrected chi connectivity index (χ0v) is 26.7. The number of carbonyl (C=O) groups excluding carboxylic acids is 3. The highest BCUT2D eigenvalue weighted by Crippen LogP contribution is 2.39. The minimum absolute atomic E-state index is 0.0548. The number of benzene rings is 2. The Labute approximate surface area is 266 Å². The van der Waals surface area contributed by atoms with Gasteiger partial charge in [0.15, 0.2) is 17.4 Å². The van der Waals surface area contributed by atoms with Gasteiger partial charge >= 0.3 is 0 Å². The Morgan fingerprint density at radius 3 is 2.67 bits per heavy atom. The number of carbonyl (C=O) groups is 3. The number of likely N-dealkylation sites (tertiary alicyclic amines) is 1. The van der Waals surface area contributed by atoms with Crippen LogP contribution in [0.15, 0.2) is 53.1 Å². The Morgan fingerprint density at radius 1 is 1.04 bits per heavy atom. The summed E-state index contributed by atoms with van der Waals surface area (Å²) in [5.41, 5.74) is 5.21. The maximum atomic E-state index is 13.3. The fraction of sp³-hybridized carbons (Fsp3) is 0.514. The smallest absolute Gasteiger partial charge is 0.277 e. The number of oxazole rings is 1. The van der Waals surface area contributed by atoms with Gasteiger partial charge in [-0.3, -0.25) is 14.4 Å². The Kier molecular flexibility index (Phi) is 9.67. The van der Waals surface area contributed by atoms with Gasteiger partial charge in [0.1, 0.15) is 6.26 Å². The highest BCUT2D eigenvalue weighted by molar-refractivity contribution is 6.04. The monoisotopic (exact) mass is 610 g/mol. The maximum absolute atomic E-state index is 13.3. The molecule has 2 atom stereocenters. The van der Waals surface area contributed by atoms with Crippen LogP contribution in [0.25, 0.3) is 0 Å². The number of unbranched alkanes of at least 4 members (excludes halogenated alkanes) is 1. The van der Waals surface area contributed by atoms with E-state index in [1.165, 1.54) is 17.5 Å². The van der Waals surface area contributed by atoms with Crippen molar-refractivity contribution in [3.63, 3.8) is 0 Å². The quantitative estimate of drug-likeness (QED) is 0.170. The van der Waals surface area contributed by atoms with Crippen molar-refractivity contribution in [1.82, 2.24) is 9.88 Å². The molecule has 1 N–H and O–H groups in total. The van der Waals surface area contributed by atoms with E-state index < -0.39 is 0 Å². The third-order valence-electron chi connectivity index (χ3n) is 9.77. The van der Waals surface area contributed by atoms with Gasteiger partial charge < -0.3 is 19.5 Å². The maximum Gasteiger partial charge on any atom is 0.277 e. The molecular weight excluding hydrogens is 564 g/mol. The van der Waals surface area contributed by atoms with Crippen molar-refractivity contribution in [2.24, 2.45) is 5.92 Å². The molecule has 1 aliphatic carbocycles. The van der Waals surface area contributed by atoms with Crippen LogP contribution in [-0.2, 0) is 11.2 Å². The average Bonchev–Trinajstić information content (AvgIpc) is 3.67. The Hall–Kier alpha value is -3.94. The zero-order valence-electron chi connectivity index (χ0n) is 26.7. The van der Waals surface area contributed by atoms with E-state index in [1.807, 2.05) is 23.1 Å². The summed E-state index contributed by atoms with van der Waals surface area (Å²) in [5.74, 6) is 1.37. The molecule has 1 aromatic heterocycles. The fourth-order valence-electron chi connectivity index (χ4n) is 7.05. The number of hydrogen-bond donors (Lipinski definition) is 1. The molecule has 8 nitrogen and oxygen atoms in total. The molecule has 3 aromatic rings. The lowest BCUT2D eigenvalue weighted by molar-refractivity contribution is -0.127. The first kappa shape index (κ1) is 31.1. The Balaban J connectivity index is 1.15. The molecule has 2 saturated heterocycles. The van der Waals surface area contributed by atoms with Gasteiger partial charge in [0.05, 0.1) is 0 Å². The highest BCUT2D eigenvalue weighted by Gasteiger charge is 2.30. The zero-order chi connectivity index (χ0) is 31.3. The summed E-state index contributed by atoms with van der Waals surface area (Å²) in [6.45, 7) is 7.07. The van der Waals surface area contributed by atoms with Crippen LogP contribution in [0.2, 0.25) is 0 Å². The van der Waals surface area contributed by atoms with E-state index in [1.54, 1.807) is 0 Å². The van der Waals surface area contributed by atoms with Crippen molar-refractivity contribution >= 4 is 29.0 Å². The van der Waals surface area contributed by atoms with E-state index in [9.17, 15) is 14.4 Å². The van der Waals surface area contributed by atoms with Crippen molar-refractivity contribution in [1.29, 1.82) is 0 Å². The second kappa shape index (κ2) is 14.0. The van der Waals surface area contributed by atoms with E-state index >= 15 is 0 Å². The molecule has 3 heterocycles. The van der Waals surface area contributed by atoms with Crippen LogP contribution in [0.4, 0.5) is 11.4 Å². The van der Waals surface area contributed by atoms with Gasteiger partial charge in [-0.05, 0) is 101 Å². The van der Waals surface area contributed by atoms with Crippen LogP contribution < -0.4 is 10.2 Å². The molecule has 2 aliphatic heterocycles. The summed E-state index contributed by atoms with van der Waals surface area (Å²) in [5, 5.41) is 3.09. The first-order valence-corrected chi connectivity index (χ1v) is 16.9. The first-order valence-electron chi connectivity index (χ1n) is 16.9. The van der Waals surface area contributed by atoms with Crippen LogP contribution in [0.3, 0.4) is 0 Å². The first-order chi connectivity index (χ1) is 21.9. The van der Waals surface area contributed by atoms with Gasteiger partial charge in [0.25, 0.3) is 5.91 Å². The highest BCUT2D eigenvalue weighted by atomic mass is 16.3. The van der Waals surface area contributed by atoms with E-state index in [2.05, 4.69) is 53.3 Å². The lowest BCUT2D eigenvalue weighted by atomic mass is 9.89. The van der Waals surface area contributed by atoms with Crippen molar-refractivity contribution in [3.05, 3.63) is 77.0 Å². The van der Waals surface area contributed by atoms with E-state index in [-0.39, 0.29) is 23.3 Å². The largest absolute Gasteiger partial charge is 0.448 e.